The quantitative estimate of drug-likeness (QED) is 0.333. The highest BCUT2D eigenvalue weighted by Crippen LogP contribution is 2.29. The van der Waals surface area contributed by atoms with Gasteiger partial charge in [-0.3, -0.25) is 14.2 Å². The molecule has 11 nitrogen and oxygen atoms in total. The highest BCUT2D eigenvalue weighted by Gasteiger charge is 2.30. The monoisotopic (exact) mass is 590 g/mol. The molecule has 4 aromatic rings. The molecule has 0 aliphatic carbocycles. The molecular weight excluding hydrogens is 565 g/mol. The first-order valence-electron chi connectivity index (χ1n) is 12.6. The van der Waals surface area contributed by atoms with Crippen molar-refractivity contribution in [3.8, 4) is 0 Å². The number of hydrogen-bond acceptors (Lipinski definition) is 7. The zero-order chi connectivity index (χ0) is 29.2. The number of rotatable bonds is 8. The van der Waals surface area contributed by atoms with Crippen molar-refractivity contribution in [2.24, 2.45) is 0 Å². The first kappa shape index (κ1) is 28.4. The minimum Gasteiger partial charge on any atom is -0.379 e. The third-order valence-electron chi connectivity index (χ3n) is 6.56. The molecule has 15 heteroatoms. The van der Waals surface area contributed by atoms with Crippen LogP contribution in [0.5, 0.6) is 0 Å². The molecule has 41 heavy (non-hydrogen) atoms. The second-order valence-corrected chi connectivity index (χ2v) is 11.2. The number of amides is 1. The summed E-state index contributed by atoms with van der Waals surface area (Å²) in [7, 11) is -3.67. The molecule has 1 saturated heterocycles. The number of halogens is 3. The third-order valence-corrected chi connectivity index (χ3v) is 8.48. The van der Waals surface area contributed by atoms with E-state index in [2.05, 4.69) is 15.4 Å². The van der Waals surface area contributed by atoms with E-state index in [9.17, 15) is 31.2 Å². The van der Waals surface area contributed by atoms with Gasteiger partial charge >= 0.3 is 6.18 Å². The Morgan fingerprint density at radius 2 is 1.80 bits per heavy atom. The topological polar surface area (TPSA) is 128 Å². The van der Waals surface area contributed by atoms with Crippen LogP contribution in [-0.2, 0) is 34.0 Å². The van der Waals surface area contributed by atoms with E-state index in [1.807, 2.05) is 0 Å². The fourth-order valence-corrected chi connectivity index (χ4v) is 5.82. The average molecular weight is 591 g/mol. The summed E-state index contributed by atoms with van der Waals surface area (Å²) in [5.41, 5.74) is -0.435. The first-order valence-corrected chi connectivity index (χ1v) is 14.0. The van der Waals surface area contributed by atoms with Gasteiger partial charge in [-0.25, -0.2) is 18.1 Å². The zero-order valence-corrected chi connectivity index (χ0v) is 22.4. The molecule has 5 rings (SSSR count). The lowest BCUT2D eigenvalue weighted by Crippen LogP contribution is -2.40. The Labute approximate surface area is 232 Å². The second kappa shape index (κ2) is 11.4. The fraction of sp³-hybridized carbons (Fsp3) is 0.308. The van der Waals surface area contributed by atoms with Crippen molar-refractivity contribution < 1.29 is 31.1 Å². The van der Waals surface area contributed by atoms with Gasteiger partial charge in [-0.15, -0.1) is 0 Å². The number of sulfonamides is 1. The maximum atomic E-state index is 13.0. The number of benzene rings is 2. The Kier molecular flexibility index (Phi) is 7.93. The summed E-state index contributed by atoms with van der Waals surface area (Å²) in [5.74, 6) is -0.423. The Morgan fingerprint density at radius 3 is 2.51 bits per heavy atom. The predicted molar refractivity (Wildman–Crippen MR) is 141 cm³/mol. The molecule has 0 bridgehead atoms. The summed E-state index contributed by atoms with van der Waals surface area (Å²) in [4.78, 5) is 29.9. The summed E-state index contributed by atoms with van der Waals surface area (Å²) in [5, 5.41) is 7.07. The molecule has 1 N–H and O–H groups in total. The molecule has 216 valence electrons. The van der Waals surface area contributed by atoms with Crippen LogP contribution in [0.4, 0.5) is 13.2 Å². The van der Waals surface area contributed by atoms with Gasteiger partial charge in [0.15, 0.2) is 5.65 Å². The number of ether oxygens (including phenoxy) is 1. The SMILES string of the molecule is O=C(NCCn1ncc2c(=O)n(Cc3cccc(C(F)(F)F)c3)cnc21)c1ccc(S(=O)(=O)N2CCOCC2)cc1. The highest BCUT2D eigenvalue weighted by atomic mass is 32.2. The standard InChI is InChI=1S/C26H25F3N6O5S/c27-26(28,29)20-3-1-2-18(14-20)16-33-17-31-23-22(25(33)37)15-32-35(23)9-8-30-24(36)19-4-6-21(7-5-19)41(38,39)34-10-12-40-13-11-34/h1-7,14-15,17H,8-13,16H2,(H,30,36). The van der Waals surface area contributed by atoms with Crippen LogP contribution in [0.15, 0.2) is 70.7 Å². The largest absolute Gasteiger partial charge is 0.416 e. The van der Waals surface area contributed by atoms with E-state index in [0.29, 0.717) is 18.8 Å². The third kappa shape index (κ3) is 6.16. The summed E-state index contributed by atoms with van der Waals surface area (Å²) in [6, 6.07) is 10.4. The van der Waals surface area contributed by atoms with Gasteiger partial charge in [-0.05, 0) is 42.0 Å². The minimum absolute atomic E-state index is 0.0868. The van der Waals surface area contributed by atoms with Crippen molar-refractivity contribution in [1.29, 1.82) is 0 Å². The van der Waals surface area contributed by atoms with Gasteiger partial charge in [0.1, 0.15) is 11.7 Å². The van der Waals surface area contributed by atoms with Gasteiger partial charge in [0.25, 0.3) is 11.5 Å². The van der Waals surface area contributed by atoms with E-state index in [0.717, 1.165) is 12.1 Å². The number of carbonyl (C=O) groups is 1. The number of aromatic nitrogens is 4. The van der Waals surface area contributed by atoms with Gasteiger partial charge in [-0.2, -0.15) is 22.6 Å². The molecule has 3 heterocycles. The maximum Gasteiger partial charge on any atom is 0.416 e. The average Bonchev–Trinajstić information content (AvgIpc) is 3.38. The second-order valence-electron chi connectivity index (χ2n) is 9.28. The molecular formula is C26H25F3N6O5S. The Hall–Kier alpha value is -4.08. The van der Waals surface area contributed by atoms with Crippen molar-refractivity contribution in [1.82, 2.24) is 29.0 Å². The van der Waals surface area contributed by atoms with E-state index >= 15 is 0 Å². The molecule has 1 fully saturated rings. The Bertz CT molecular complexity index is 1730. The van der Waals surface area contributed by atoms with Crippen LogP contribution in [0.1, 0.15) is 21.5 Å². The summed E-state index contributed by atoms with van der Waals surface area (Å²) >= 11 is 0. The van der Waals surface area contributed by atoms with Gasteiger partial charge in [0.05, 0.1) is 43.0 Å². The summed E-state index contributed by atoms with van der Waals surface area (Å²) in [6.45, 7) is 1.42. The van der Waals surface area contributed by atoms with Crippen LogP contribution in [0, 0.1) is 0 Å². The number of carbonyl (C=O) groups excluding carboxylic acids is 1. The van der Waals surface area contributed by atoms with E-state index in [4.69, 9.17) is 4.74 Å². The molecule has 2 aromatic heterocycles. The molecule has 0 spiro atoms. The zero-order valence-electron chi connectivity index (χ0n) is 21.5. The molecule has 1 aliphatic heterocycles. The first-order chi connectivity index (χ1) is 19.5. The van der Waals surface area contributed by atoms with E-state index in [1.165, 1.54) is 62.5 Å². The van der Waals surface area contributed by atoms with Gasteiger partial charge < -0.3 is 10.1 Å². The molecule has 0 atom stereocenters. The van der Waals surface area contributed by atoms with Gasteiger partial charge in [-0.1, -0.05) is 12.1 Å². The van der Waals surface area contributed by atoms with Crippen LogP contribution in [0.2, 0.25) is 0 Å². The van der Waals surface area contributed by atoms with Gasteiger partial charge in [0.2, 0.25) is 10.0 Å². The summed E-state index contributed by atoms with van der Waals surface area (Å²) < 4.78 is 73.8. The predicted octanol–water partition coefficient (Wildman–Crippen LogP) is 2.11. The Morgan fingerprint density at radius 1 is 1.07 bits per heavy atom. The fourth-order valence-electron chi connectivity index (χ4n) is 4.41. The number of morpholine rings is 1. The van der Waals surface area contributed by atoms with Crippen LogP contribution in [0.25, 0.3) is 11.0 Å². The molecule has 1 amide bonds. The number of fused-ring (bicyclic) bond motifs is 1. The van der Waals surface area contributed by atoms with Crippen molar-refractivity contribution in [3.05, 3.63) is 88.1 Å². The molecule has 0 radical (unpaired) electrons. The molecule has 0 unspecified atom stereocenters. The highest BCUT2D eigenvalue weighted by molar-refractivity contribution is 7.89. The Balaban J connectivity index is 1.21. The van der Waals surface area contributed by atoms with Crippen molar-refractivity contribution in [2.45, 2.75) is 24.2 Å². The minimum atomic E-state index is -4.49. The van der Waals surface area contributed by atoms with Crippen molar-refractivity contribution >= 4 is 27.0 Å². The number of hydrogen-bond donors (Lipinski definition) is 1. The van der Waals surface area contributed by atoms with Gasteiger partial charge in [0, 0.05) is 25.2 Å². The number of nitrogens with one attached hydrogen (secondary N) is 1. The summed E-state index contributed by atoms with van der Waals surface area (Å²) in [6.07, 6.45) is -1.93. The van der Waals surface area contributed by atoms with E-state index in [-0.39, 0.29) is 54.2 Å². The normalized spacial score (nSPS) is 14.8. The number of nitrogens with zero attached hydrogens (tertiary/aromatic N) is 5. The lowest BCUT2D eigenvalue weighted by molar-refractivity contribution is -0.137. The van der Waals surface area contributed by atoms with E-state index < -0.39 is 33.2 Å². The van der Waals surface area contributed by atoms with Crippen molar-refractivity contribution in [3.63, 3.8) is 0 Å². The maximum absolute atomic E-state index is 13.0. The van der Waals surface area contributed by atoms with Crippen molar-refractivity contribution in [2.75, 3.05) is 32.8 Å². The van der Waals surface area contributed by atoms with E-state index in [1.54, 1.807) is 0 Å². The van der Waals surface area contributed by atoms with Crippen LogP contribution < -0.4 is 10.9 Å². The smallest absolute Gasteiger partial charge is 0.379 e. The van der Waals surface area contributed by atoms with Crippen LogP contribution in [-0.4, -0.2) is 70.8 Å². The van der Waals surface area contributed by atoms with Crippen LogP contribution in [0.3, 0.4) is 0 Å². The van der Waals surface area contributed by atoms with Crippen LogP contribution >= 0.6 is 0 Å². The lowest BCUT2D eigenvalue weighted by atomic mass is 10.1. The molecule has 0 saturated carbocycles. The lowest BCUT2D eigenvalue weighted by Gasteiger charge is -2.26. The molecule has 1 aliphatic rings. The molecule has 2 aromatic carbocycles. The number of alkyl halides is 3.